The summed E-state index contributed by atoms with van der Waals surface area (Å²) in [5.41, 5.74) is 0.743. The summed E-state index contributed by atoms with van der Waals surface area (Å²) < 4.78 is 56.4. The van der Waals surface area contributed by atoms with Gasteiger partial charge in [-0.05, 0) is 55.2 Å². The smallest absolute Gasteiger partial charge is 0.387 e. The molecule has 1 amide bonds. The van der Waals surface area contributed by atoms with Gasteiger partial charge in [0.15, 0.2) is 0 Å². The zero-order valence-electron chi connectivity index (χ0n) is 17.0. The van der Waals surface area contributed by atoms with E-state index in [1.54, 1.807) is 18.2 Å². The number of sulfonamides is 1. The number of para-hydroxylation sites is 1. The molecule has 1 fully saturated rings. The van der Waals surface area contributed by atoms with Crippen LogP contribution in [-0.4, -0.2) is 38.3 Å². The van der Waals surface area contributed by atoms with E-state index < -0.39 is 22.5 Å². The topological polar surface area (TPSA) is 75.7 Å². The summed E-state index contributed by atoms with van der Waals surface area (Å²) in [6.07, 6.45) is 4.41. The number of piperidine rings is 1. The number of benzene rings is 2. The van der Waals surface area contributed by atoms with Crippen LogP contribution in [0.25, 0.3) is 6.08 Å². The van der Waals surface area contributed by atoms with E-state index in [-0.39, 0.29) is 10.6 Å². The number of halogens is 2. The number of carbonyl (C=O) groups is 1. The van der Waals surface area contributed by atoms with E-state index in [1.165, 1.54) is 46.8 Å². The fraction of sp³-hybridized carbons (Fsp3) is 0.318. The maximum Gasteiger partial charge on any atom is 0.387 e. The average Bonchev–Trinajstić information content (AvgIpc) is 2.73. The highest BCUT2D eigenvalue weighted by Gasteiger charge is 2.28. The minimum atomic E-state index is -3.57. The van der Waals surface area contributed by atoms with Gasteiger partial charge in [0, 0.05) is 30.4 Å². The summed E-state index contributed by atoms with van der Waals surface area (Å²) in [6, 6.07) is 12.1. The van der Waals surface area contributed by atoms with E-state index in [9.17, 15) is 22.0 Å². The van der Waals surface area contributed by atoms with Crippen LogP contribution in [0.1, 0.15) is 25.3 Å². The molecule has 0 aromatic heterocycles. The van der Waals surface area contributed by atoms with Gasteiger partial charge in [-0.25, -0.2) is 8.42 Å². The summed E-state index contributed by atoms with van der Waals surface area (Å²) in [6.45, 7) is 0.0762. The van der Waals surface area contributed by atoms with Gasteiger partial charge >= 0.3 is 6.61 Å². The molecular weight excluding hydrogens is 426 g/mol. The normalized spacial score (nSPS) is 17.7. The minimum Gasteiger partial charge on any atom is -0.434 e. The van der Waals surface area contributed by atoms with Gasteiger partial charge < -0.3 is 10.1 Å². The first-order valence-electron chi connectivity index (χ1n) is 9.89. The van der Waals surface area contributed by atoms with E-state index in [4.69, 9.17) is 0 Å². The van der Waals surface area contributed by atoms with Gasteiger partial charge in [-0.15, -0.1) is 0 Å². The fourth-order valence-corrected chi connectivity index (χ4v) is 4.99. The summed E-state index contributed by atoms with van der Waals surface area (Å²) >= 11 is 0. The third-order valence-corrected chi connectivity index (χ3v) is 6.81. The second kappa shape index (κ2) is 10.0. The van der Waals surface area contributed by atoms with E-state index >= 15 is 0 Å². The first kappa shape index (κ1) is 22.9. The van der Waals surface area contributed by atoms with Crippen molar-refractivity contribution >= 4 is 27.7 Å². The number of hydrogen-bond donors (Lipinski definition) is 1. The standard InChI is InChI=1S/C22H24F2N2O4S/c1-16-5-4-14-26(15-16)31(28,29)19-11-9-18(10-12-19)25-21(27)13-8-17-6-2-3-7-20(17)30-22(23)24/h2-3,6-13,16,22H,4-5,14-15H2,1H3,(H,25,27)/b13-8+. The van der Waals surface area contributed by atoms with Gasteiger partial charge in [0.25, 0.3) is 0 Å². The second-order valence-corrected chi connectivity index (χ2v) is 9.31. The Labute approximate surface area is 180 Å². The number of carbonyl (C=O) groups excluding carboxylic acids is 1. The van der Waals surface area contributed by atoms with Crippen molar-refractivity contribution in [3.63, 3.8) is 0 Å². The highest BCUT2D eigenvalue weighted by atomic mass is 32.2. The third kappa shape index (κ3) is 6.11. The third-order valence-electron chi connectivity index (χ3n) is 4.93. The predicted molar refractivity (Wildman–Crippen MR) is 114 cm³/mol. The lowest BCUT2D eigenvalue weighted by molar-refractivity contribution is -0.111. The lowest BCUT2D eigenvalue weighted by Crippen LogP contribution is -2.39. The molecule has 0 spiro atoms. The Morgan fingerprint density at radius 2 is 1.90 bits per heavy atom. The molecule has 31 heavy (non-hydrogen) atoms. The van der Waals surface area contributed by atoms with E-state index in [0.29, 0.717) is 30.3 Å². The quantitative estimate of drug-likeness (QED) is 0.636. The van der Waals surface area contributed by atoms with Crippen LogP contribution in [0.2, 0.25) is 0 Å². The van der Waals surface area contributed by atoms with Crippen LogP contribution in [0.3, 0.4) is 0 Å². The average molecular weight is 451 g/mol. The van der Waals surface area contributed by atoms with Gasteiger partial charge in [-0.2, -0.15) is 13.1 Å². The molecule has 2 aromatic rings. The molecule has 1 N–H and O–H groups in total. The number of anilines is 1. The molecule has 1 saturated heterocycles. The van der Waals surface area contributed by atoms with Gasteiger partial charge in [0.1, 0.15) is 5.75 Å². The first-order chi connectivity index (χ1) is 14.8. The summed E-state index contributed by atoms with van der Waals surface area (Å²) in [4.78, 5) is 12.3. The lowest BCUT2D eigenvalue weighted by Gasteiger charge is -2.30. The number of ether oxygens (including phenoxy) is 1. The maximum atomic E-state index is 12.8. The van der Waals surface area contributed by atoms with Crippen molar-refractivity contribution in [2.75, 3.05) is 18.4 Å². The van der Waals surface area contributed by atoms with Crippen LogP contribution < -0.4 is 10.1 Å². The summed E-state index contributed by atoms with van der Waals surface area (Å²) in [5.74, 6) is -0.208. The van der Waals surface area contributed by atoms with Crippen molar-refractivity contribution in [2.45, 2.75) is 31.3 Å². The van der Waals surface area contributed by atoms with Crippen LogP contribution in [0.5, 0.6) is 5.75 Å². The van der Waals surface area contributed by atoms with Gasteiger partial charge in [0.05, 0.1) is 4.90 Å². The van der Waals surface area contributed by atoms with Crippen LogP contribution >= 0.6 is 0 Å². The number of nitrogens with zero attached hydrogens (tertiary/aromatic N) is 1. The summed E-state index contributed by atoms with van der Waals surface area (Å²) in [5, 5.41) is 2.61. The van der Waals surface area contributed by atoms with Crippen LogP contribution in [-0.2, 0) is 14.8 Å². The van der Waals surface area contributed by atoms with Crippen molar-refractivity contribution in [3.8, 4) is 5.75 Å². The maximum absolute atomic E-state index is 12.8. The highest BCUT2D eigenvalue weighted by Crippen LogP contribution is 2.25. The van der Waals surface area contributed by atoms with E-state index in [2.05, 4.69) is 10.1 Å². The zero-order valence-corrected chi connectivity index (χ0v) is 17.8. The zero-order chi connectivity index (χ0) is 22.4. The Balaban J connectivity index is 1.65. The summed E-state index contributed by atoms with van der Waals surface area (Å²) in [7, 11) is -3.57. The number of rotatable bonds is 7. The molecule has 1 heterocycles. The number of nitrogens with one attached hydrogen (secondary N) is 1. The highest BCUT2D eigenvalue weighted by molar-refractivity contribution is 7.89. The van der Waals surface area contributed by atoms with Crippen molar-refractivity contribution < 1.29 is 26.7 Å². The van der Waals surface area contributed by atoms with Crippen molar-refractivity contribution in [1.29, 1.82) is 0 Å². The molecule has 3 rings (SSSR count). The van der Waals surface area contributed by atoms with Crippen molar-refractivity contribution in [2.24, 2.45) is 5.92 Å². The molecule has 1 atom stereocenters. The number of hydrogen-bond acceptors (Lipinski definition) is 4. The molecule has 166 valence electrons. The van der Waals surface area contributed by atoms with Crippen LogP contribution in [0.4, 0.5) is 14.5 Å². The molecule has 9 heteroatoms. The largest absolute Gasteiger partial charge is 0.434 e. The van der Waals surface area contributed by atoms with Crippen molar-refractivity contribution in [1.82, 2.24) is 4.31 Å². The molecule has 0 radical (unpaired) electrons. The van der Waals surface area contributed by atoms with Crippen LogP contribution in [0.15, 0.2) is 59.5 Å². The van der Waals surface area contributed by atoms with E-state index in [0.717, 1.165) is 12.8 Å². The Morgan fingerprint density at radius 1 is 1.19 bits per heavy atom. The molecule has 2 aromatic carbocycles. The van der Waals surface area contributed by atoms with Gasteiger partial charge in [-0.3, -0.25) is 4.79 Å². The number of amides is 1. The monoisotopic (exact) mass is 450 g/mol. The molecule has 0 saturated carbocycles. The Morgan fingerprint density at radius 3 is 2.58 bits per heavy atom. The first-order valence-corrected chi connectivity index (χ1v) is 11.3. The van der Waals surface area contributed by atoms with Gasteiger partial charge in [-0.1, -0.05) is 25.1 Å². The predicted octanol–water partition coefficient (Wildman–Crippen LogP) is 4.36. The SMILES string of the molecule is CC1CCCN(S(=O)(=O)c2ccc(NC(=O)/C=C/c3ccccc3OC(F)F)cc2)C1. The molecule has 1 unspecified atom stereocenters. The molecule has 0 bridgehead atoms. The molecule has 6 nitrogen and oxygen atoms in total. The fourth-order valence-electron chi connectivity index (χ4n) is 3.39. The minimum absolute atomic E-state index is 0.0388. The lowest BCUT2D eigenvalue weighted by atomic mass is 10.0. The Kier molecular flexibility index (Phi) is 7.40. The molecular formula is C22H24F2N2O4S. The van der Waals surface area contributed by atoms with E-state index in [1.807, 2.05) is 6.92 Å². The molecule has 1 aliphatic rings. The van der Waals surface area contributed by atoms with Gasteiger partial charge in [0.2, 0.25) is 15.9 Å². The van der Waals surface area contributed by atoms with Crippen LogP contribution in [0, 0.1) is 5.92 Å². The Hall–Kier alpha value is -2.78. The second-order valence-electron chi connectivity index (χ2n) is 7.37. The molecule has 0 aliphatic carbocycles. The number of alkyl halides is 2. The van der Waals surface area contributed by atoms with Crippen molar-refractivity contribution in [3.05, 3.63) is 60.2 Å². The Bertz CT molecular complexity index is 1040. The molecule has 1 aliphatic heterocycles.